The van der Waals surface area contributed by atoms with E-state index in [1.54, 1.807) is 0 Å². The lowest BCUT2D eigenvalue weighted by Crippen LogP contribution is -2.49. The van der Waals surface area contributed by atoms with Crippen LogP contribution in [-0.4, -0.2) is 60.3 Å². The number of nitriles is 2. The molecule has 0 aromatic carbocycles. The van der Waals surface area contributed by atoms with Crippen LogP contribution in [0.2, 0.25) is 0 Å². The average Bonchev–Trinajstić information content (AvgIpc) is 2.47. The van der Waals surface area contributed by atoms with E-state index in [0.717, 1.165) is 51.9 Å². The molecule has 2 aliphatic rings. The molecule has 2 heterocycles. The van der Waals surface area contributed by atoms with Crippen molar-refractivity contribution >= 4 is 0 Å². The van der Waals surface area contributed by atoms with E-state index >= 15 is 0 Å². The second-order valence-corrected chi connectivity index (χ2v) is 7.68. The first kappa shape index (κ1) is 17.2. The van der Waals surface area contributed by atoms with E-state index < -0.39 is 6.10 Å². The SMILES string of the molecule is C[C@@]1(C#N)CCCN(CC(O)CN2CCC[C@@](C)(C#N)C2)C1. The lowest BCUT2D eigenvalue weighted by molar-refractivity contribution is 0.0327. The molecule has 0 bridgehead atoms. The highest BCUT2D eigenvalue weighted by Gasteiger charge is 2.34. The number of aliphatic hydroxyl groups is 1. The van der Waals surface area contributed by atoms with E-state index in [0.29, 0.717) is 13.1 Å². The highest BCUT2D eigenvalue weighted by molar-refractivity contribution is 5.01. The summed E-state index contributed by atoms with van der Waals surface area (Å²) in [6.07, 6.45) is 3.52. The number of β-amino-alcohol motifs (C(OH)–C–C–N with tert-alkyl or cyclic N) is 1. The Morgan fingerprint density at radius 3 is 1.73 bits per heavy atom. The van der Waals surface area contributed by atoms with E-state index in [2.05, 4.69) is 21.9 Å². The maximum Gasteiger partial charge on any atom is 0.0793 e. The molecule has 0 radical (unpaired) electrons. The summed E-state index contributed by atoms with van der Waals surface area (Å²) in [6.45, 7) is 8.68. The predicted molar refractivity (Wildman–Crippen MR) is 84.8 cm³/mol. The van der Waals surface area contributed by atoms with Crippen molar-refractivity contribution in [2.45, 2.75) is 45.6 Å². The first-order valence-corrected chi connectivity index (χ1v) is 8.33. The normalized spacial score (nSPS) is 34.3. The summed E-state index contributed by atoms with van der Waals surface area (Å²) in [5.74, 6) is 0. The number of hydrogen-bond acceptors (Lipinski definition) is 5. The lowest BCUT2D eigenvalue weighted by Gasteiger charge is -2.39. The van der Waals surface area contributed by atoms with Crippen molar-refractivity contribution in [2.24, 2.45) is 10.8 Å². The molecule has 122 valence electrons. The van der Waals surface area contributed by atoms with Crippen molar-refractivity contribution in [3.05, 3.63) is 0 Å². The molecule has 22 heavy (non-hydrogen) atoms. The highest BCUT2D eigenvalue weighted by atomic mass is 16.3. The van der Waals surface area contributed by atoms with Gasteiger partial charge in [0.2, 0.25) is 0 Å². The summed E-state index contributed by atoms with van der Waals surface area (Å²) in [5.41, 5.74) is -0.551. The van der Waals surface area contributed by atoms with Crippen molar-refractivity contribution in [1.82, 2.24) is 9.80 Å². The number of piperidine rings is 2. The van der Waals surface area contributed by atoms with Crippen LogP contribution >= 0.6 is 0 Å². The minimum absolute atomic E-state index is 0.275. The molecule has 5 heteroatoms. The molecule has 0 saturated carbocycles. The standard InChI is InChI=1S/C17H28N4O/c1-16(11-18)5-3-7-20(13-16)9-15(22)10-21-8-4-6-17(2,12-19)14-21/h15,22H,3-10,13-14H2,1-2H3/t16-,17-/m0/s1. The summed E-state index contributed by atoms with van der Waals surface area (Å²) < 4.78 is 0. The second-order valence-electron chi connectivity index (χ2n) is 7.68. The highest BCUT2D eigenvalue weighted by Crippen LogP contribution is 2.30. The first-order chi connectivity index (χ1) is 10.4. The summed E-state index contributed by atoms with van der Waals surface area (Å²) in [6, 6.07) is 4.83. The Morgan fingerprint density at radius 2 is 1.36 bits per heavy atom. The third kappa shape index (κ3) is 4.43. The maximum absolute atomic E-state index is 10.4. The van der Waals surface area contributed by atoms with Gasteiger partial charge in [-0.25, -0.2) is 0 Å². The van der Waals surface area contributed by atoms with Crippen LogP contribution < -0.4 is 0 Å². The molecule has 0 amide bonds. The molecule has 0 aromatic heterocycles. The van der Waals surface area contributed by atoms with Gasteiger partial charge in [-0.3, -0.25) is 9.80 Å². The van der Waals surface area contributed by atoms with Crippen LogP contribution in [0, 0.1) is 33.5 Å². The largest absolute Gasteiger partial charge is 0.390 e. The minimum atomic E-state index is -0.415. The molecule has 0 spiro atoms. The zero-order valence-corrected chi connectivity index (χ0v) is 13.9. The van der Waals surface area contributed by atoms with Gasteiger partial charge in [0.1, 0.15) is 0 Å². The number of aliphatic hydroxyl groups excluding tert-OH is 1. The van der Waals surface area contributed by atoms with E-state index in [-0.39, 0.29) is 10.8 Å². The van der Waals surface area contributed by atoms with Crippen molar-refractivity contribution in [3.63, 3.8) is 0 Å². The van der Waals surface area contributed by atoms with Crippen LogP contribution in [0.1, 0.15) is 39.5 Å². The molecule has 0 aromatic rings. The molecule has 2 rings (SSSR count). The monoisotopic (exact) mass is 304 g/mol. The lowest BCUT2D eigenvalue weighted by atomic mass is 9.83. The van der Waals surface area contributed by atoms with Crippen molar-refractivity contribution in [3.8, 4) is 12.1 Å². The molecule has 2 saturated heterocycles. The van der Waals surface area contributed by atoms with E-state index in [9.17, 15) is 15.6 Å². The third-order valence-electron chi connectivity index (χ3n) is 5.03. The van der Waals surface area contributed by atoms with Gasteiger partial charge in [0.25, 0.3) is 0 Å². The molecular weight excluding hydrogens is 276 g/mol. The molecule has 2 fully saturated rings. The maximum atomic E-state index is 10.4. The average molecular weight is 304 g/mol. The smallest absolute Gasteiger partial charge is 0.0793 e. The Balaban J connectivity index is 1.82. The number of rotatable bonds is 4. The van der Waals surface area contributed by atoms with E-state index in [1.165, 1.54) is 0 Å². The zero-order chi connectivity index (χ0) is 16.2. The van der Waals surface area contributed by atoms with Gasteiger partial charge in [-0.1, -0.05) is 0 Å². The molecule has 2 atom stereocenters. The Morgan fingerprint density at radius 1 is 0.955 bits per heavy atom. The fourth-order valence-corrected chi connectivity index (χ4v) is 3.84. The fourth-order valence-electron chi connectivity index (χ4n) is 3.84. The Bertz CT molecular complexity index is 426. The number of hydrogen-bond donors (Lipinski definition) is 1. The van der Waals surface area contributed by atoms with Crippen molar-refractivity contribution < 1.29 is 5.11 Å². The van der Waals surface area contributed by atoms with Gasteiger partial charge in [0.15, 0.2) is 0 Å². The Hall–Kier alpha value is -1.14. The van der Waals surface area contributed by atoms with E-state index in [4.69, 9.17) is 0 Å². The van der Waals surface area contributed by atoms with Gasteiger partial charge in [-0.05, 0) is 52.6 Å². The van der Waals surface area contributed by atoms with Crippen LogP contribution in [0.3, 0.4) is 0 Å². The topological polar surface area (TPSA) is 74.3 Å². The molecule has 1 N–H and O–H groups in total. The molecule has 2 aliphatic heterocycles. The van der Waals surface area contributed by atoms with Gasteiger partial charge < -0.3 is 5.11 Å². The minimum Gasteiger partial charge on any atom is -0.390 e. The summed E-state index contributed by atoms with van der Waals surface area (Å²) in [5, 5.41) is 28.9. The van der Waals surface area contributed by atoms with E-state index in [1.807, 2.05) is 13.8 Å². The Labute approximate surface area is 134 Å². The first-order valence-electron chi connectivity index (χ1n) is 8.33. The van der Waals surface area contributed by atoms with Gasteiger partial charge in [0, 0.05) is 26.2 Å². The molecule has 0 unspecified atom stereocenters. The van der Waals surface area contributed by atoms with Crippen LogP contribution in [0.4, 0.5) is 0 Å². The second kappa shape index (κ2) is 6.96. The molecule has 5 nitrogen and oxygen atoms in total. The number of nitrogens with zero attached hydrogens (tertiary/aromatic N) is 4. The van der Waals surface area contributed by atoms with Crippen molar-refractivity contribution in [1.29, 1.82) is 10.5 Å². The summed E-state index contributed by atoms with van der Waals surface area (Å²) in [4.78, 5) is 4.43. The van der Waals surface area contributed by atoms with Gasteiger partial charge >= 0.3 is 0 Å². The molecule has 0 aliphatic carbocycles. The zero-order valence-electron chi connectivity index (χ0n) is 13.9. The summed E-state index contributed by atoms with van der Waals surface area (Å²) >= 11 is 0. The van der Waals surface area contributed by atoms with Gasteiger partial charge in [0.05, 0.1) is 29.1 Å². The van der Waals surface area contributed by atoms with Crippen LogP contribution in [-0.2, 0) is 0 Å². The van der Waals surface area contributed by atoms with Gasteiger partial charge in [-0.15, -0.1) is 0 Å². The summed E-state index contributed by atoms with van der Waals surface area (Å²) in [7, 11) is 0. The quantitative estimate of drug-likeness (QED) is 0.854. The third-order valence-corrected chi connectivity index (χ3v) is 5.03. The van der Waals surface area contributed by atoms with Crippen molar-refractivity contribution in [2.75, 3.05) is 39.3 Å². The predicted octanol–water partition coefficient (Wildman–Crippen LogP) is 1.60. The van der Waals surface area contributed by atoms with Gasteiger partial charge in [-0.2, -0.15) is 10.5 Å². The molecular formula is C17H28N4O. The van der Waals surface area contributed by atoms with Crippen LogP contribution in [0.15, 0.2) is 0 Å². The fraction of sp³-hybridized carbons (Fsp3) is 0.882. The Kier molecular flexibility index (Phi) is 5.45. The number of likely N-dealkylation sites (tertiary alicyclic amines) is 2. The van der Waals surface area contributed by atoms with Crippen LogP contribution in [0.5, 0.6) is 0 Å². The van der Waals surface area contributed by atoms with Crippen LogP contribution in [0.25, 0.3) is 0 Å².